The van der Waals surface area contributed by atoms with Gasteiger partial charge in [-0.05, 0) is 25.5 Å². The number of para-hydroxylation sites is 2. The molecule has 17 heavy (non-hydrogen) atoms. The first-order chi connectivity index (χ1) is 8.26. The molecule has 0 aliphatic heterocycles. The fourth-order valence-corrected chi connectivity index (χ4v) is 2.09. The molecule has 0 aliphatic carbocycles. The maximum Gasteiger partial charge on any atom is 0.111 e. The maximum absolute atomic E-state index is 5.45. The summed E-state index contributed by atoms with van der Waals surface area (Å²) in [5, 5.41) is 0. The summed E-state index contributed by atoms with van der Waals surface area (Å²) >= 11 is 0. The lowest BCUT2D eigenvalue weighted by atomic mass is 10.2. The van der Waals surface area contributed by atoms with Gasteiger partial charge in [-0.15, -0.1) is 0 Å². The summed E-state index contributed by atoms with van der Waals surface area (Å²) in [5.74, 6) is 6.56. The molecule has 2 rings (SSSR count). The number of hydrogen-bond acceptors (Lipinski definition) is 3. The van der Waals surface area contributed by atoms with E-state index in [9.17, 15) is 0 Å². The lowest BCUT2D eigenvalue weighted by molar-refractivity contribution is 0.534. The van der Waals surface area contributed by atoms with E-state index < -0.39 is 0 Å². The van der Waals surface area contributed by atoms with E-state index in [-0.39, 0.29) is 6.04 Å². The minimum Gasteiger partial charge on any atom is -0.328 e. The van der Waals surface area contributed by atoms with Gasteiger partial charge in [0.1, 0.15) is 5.82 Å². The van der Waals surface area contributed by atoms with Crippen molar-refractivity contribution in [3.05, 3.63) is 30.1 Å². The number of hydrazine groups is 1. The Bertz CT molecular complexity index is 489. The predicted octanol–water partition coefficient (Wildman–Crippen LogP) is 1.84. The molecule has 0 bridgehead atoms. The number of rotatable bonds is 5. The zero-order valence-corrected chi connectivity index (χ0v) is 10.5. The minimum atomic E-state index is 0.238. The van der Waals surface area contributed by atoms with Crippen LogP contribution in [0.4, 0.5) is 0 Å². The van der Waals surface area contributed by atoms with E-state index in [4.69, 9.17) is 5.84 Å². The van der Waals surface area contributed by atoms with Crippen LogP contribution >= 0.6 is 0 Å². The summed E-state index contributed by atoms with van der Waals surface area (Å²) < 4.78 is 2.29. The molecule has 92 valence electrons. The second-order valence-electron chi connectivity index (χ2n) is 4.44. The summed E-state index contributed by atoms with van der Waals surface area (Å²) in [6, 6.07) is 8.51. The third kappa shape index (κ3) is 2.48. The van der Waals surface area contributed by atoms with Crippen LogP contribution in [0.5, 0.6) is 0 Å². The number of benzene rings is 1. The Morgan fingerprint density at radius 1 is 1.41 bits per heavy atom. The minimum absolute atomic E-state index is 0.238. The van der Waals surface area contributed by atoms with Gasteiger partial charge in [0.2, 0.25) is 0 Å². The zero-order valence-electron chi connectivity index (χ0n) is 10.5. The topological polar surface area (TPSA) is 55.9 Å². The molecule has 0 saturated heterocycles. The van der Waals surface area contributed by atoms with E-state index >= 15 is 0 Å². The molecule has 4 nitrogen and oxygen atoms in total. The quantitative estimate of drug-likeness (QED) is 0.611. The highest BCUT2D eigenvalue weighted by Gasteiger charge is 2.11. The lowest BCUT2D eigenvalue weighted by Crippen LogP contribution is -2.34. The molecular weight excluding hydrogens is 212 g/mol. The van der Waals surface area contributed by atoms with Crippen LogP contribution in [-0.4, -0.2) is 15.6 Å². The molecule has 0 aliphatic rings. The molecule has 1 aromatic heterocycles. The largest absolute Gasteiger partial charge is 0.328 e. The second kappa shape index (κ2) is 5.29. The molecule has 0 spiro atoms. The van der Waals surface area contributed by atoms with Gasteiger partial charge in [0.15, 0.2) is 0 Å². The van der Waals surface area contributed by atoms with Crippen LogP contribution in [0.1, 0.15) is 26.1 Å². The number of fused-ring (bicyclic) bond motifs is 1. The molecule has 3 N–H and O–H groups in total. The summed E-state index contributed by atoms with van der Waals surface area (Å²) in [6.07, 6.45) is 1.96. The van der Waals surface area contributed by atoms with Crippen LogP contribution in [0.2, 0.25) is 0 Å². The maximum atomic E-state index is 5.45. The Morgan fingerprint density at radius 2 is 2.18 bits per heavy atom. The third-order valence-electron chi connectivity index (χ3n) is 2.95. The Morgan fingerprint density at radius 3 is 2.88 bits per heavy atom. The van der Waals surface area contributed by atoms with Gasteiger partial charge in [-0.3, -0.25) is 11.3 Å². The van der Waals surface area contributed by atoms with Gasteiger partial charge in [-0.1, -0.05) is 19.1 Å². The van der Waals surface area contributed by atoms with Crippen molar-refractivity contribution in [3.8, 4) is 0 Å². The average Bonchev–Trinajstić information content (AvgIpc) is 2.68. The molecule has 2 aromatic rings. The van der Waals surface area contributed by atoms with E-state index in [0.29, 0.717) is 0 Å². The fourth-order valence-electron chi connectivity index (χ4n) is 2.09. The van der Waals surface area contributed by atoms with Crippen molar-refractivity contribution >= 4 is 11.0 Å². The van der Waals surface area contributed by atoms with Crippen LogP contribution in [0, 0.1) is 0 Å². The van der Waals surface area contributed by atoms with Crippen LogP contribution < -0.4 is 11.3 Å². The van der Waals surface area contributed by atoms with Crippen LogP contribution in [-0.2, 0) is 13.0 Å². The van der Waals surface area contributed by atoms with E-state index in [1.165, 1.54) is 5.52 Å². The van der Waals surface area contributed by atoms with Crippen molar-refractivity contribution in [1.82, 2.24) is 15.0 Å². The van der Waals surface area contributed by atoms with E-state index in [1.807, 2.05) is 6.07 Å². The number of aryl methyl sites for hydroxylation is 1. The molecular formula is C13H20N4. The highest BCUT2D eigenvalue weighted by Crippen LogP contribution is 2.17. The summed E-state index contributed by atoms with van der Waals surface area (Å²) in [6.45, 7) is 5.26. The number of imidazole rings is 1. The first-order valence-electron chi connectivity index (χ1n) is 6.16. The average molecular weight is 232 g/mol. The number of nitrogens with one attached hydrogen (secondary N) is 1. The van der Waals surface area contributed by atoms with Crippen molar-refractivity contribution in [3.63, 3.8) is 0 Å². The van der Waals surface area contributed by atoms with Gasteiger partial charge in [-0.25, -0.2) is 4.98 Å². The molecule has 1 aromatic carbocycles. The van der Waals surface area contributed by atoms with Crippen molar-refractivity contribution < 1.29 is 0 Å². The van der Waals surface area contributed by atoms with Gasteiger partial charge in [-0.2, -0.15) is 0 Å². The van der Waals surface area contributed by atoms with Gasteiger partial charge in [0, 0.05) is 19.0 Å². The second-order valence-corrected chi connectivity index (χ2v) is 4.44. The van der Waals surface area contributed by atoms with Crippen molar-refractivity contribution in [2.75, 3.05) is 0 Å². The standard InChI is InChI=1S/C13H20N4/c1-3-8-17-12-7-5-4-6-11(12)15-13(17)9-10(2)16-14/h4-7,10,16H,3,8-9,14H2,1-2H3. The molecule has 1 atom stereocenters. The summed E-state index contributed by atoms with van der Waals surface area (Å²) in [7, 11) is 0. The molecule has 4 heteroatoms. The van der Waals surface area contributed by atoms with Gasteiger partial charge in [0.25, 0.3) is 0 Å². The first kappa shape index (κ1) is 12.1. The fraction of sp³-hybridized carbons (Fsp3) is 0.462. The Labute approximate surface area is 102 Å². The van der Waals surface area contributed by atoms with Crippen molar-refractivity contribution in [1.29, 1.82) is 0 Å². The number of hydrogen-bond donors (Lipinski definition) is 2. The van der Waals surface area contributed by atoms with Crippen molar-refractivity contribution in [2.24, 2.45) is 5.84 Å². The number of nitrogens with zero attached hydrogens (tertiary/aromatic N) is 2. The van der Waals surface area contributed by atoms with Crippen LogP contribution in [0.15, 0.2) is 24.3 Å². The molecule has 1 heterocycles. The SMILES string of the molecule is CCCn1c(CC(C)NN)nc2ccccc21. The molecule has 1 unspecified atom stereocenters. The Balaban J connectivity index is 2.42. The van der Waals surface area contributed by atoms with Gasteiger partial charge < -0.3 is 4.57 Å². The first-order valence-corrected chi connectivity index (χ1v) is 6.16. The molecule has 0 saturated carbocycles. The van der Waals surface area contributed by atoms with Gasteiger partial charge >= 0.3 is 0 Å². The van der Waals surface area contributed by atoms with E-state index in [0.717, 1.165) is 30.7 Å². The monoisotopic (exact) mass is 232 g/mol. The Hall–Kier alpha value is -1.39. The van der Waals surface area contributed by atoms with Crippen LogP contribution in [0.3, 0.4) is 0 Å². The highest BCUT2D eigenvalue weighted by atomic mass is 15.2. The van der Waals surface area contributed by atoms with E-state index in [1.54, 1.807) is 0 Å². The van der Waals surface area contributed by atoms with Crippen LogP contribution in [0.25, 0.3) is 11.0 Å². The number of aromatic nitrogens is 2. The molecule has 0 radical (unpaired) electrons. The van der Waals surface area contributed by atoms with Crippen molar-refractivity contribution in [2.45, 2.75) is 39.3 Å². The Kier molecular flexibility index (Phi) is 3.76. The number of nitrogens with two attached hydrogens (primary N) is 1. The third-order valence-corrected chi connectivity index (χ3v) is 2.95. The lowest BCUT2D eigenvalue weighted by Gasteiger charge is -2.11. The highest BCUT2D eigenvalue weighted by molar-refractivity contribution is 5.75. The summed E-state index contributed by atoms with van der Waals surface area (Å²) in [5.41, 5.74) is 5.06. The van der Waals surface area contributed by atoms with E-state index in [2.05, 4.69) is 47.0 Å². The molecule has 0 amide bonds. The smallest absolute Gasteiger partial charge is 0.111 e. The molecule has 0 fully saturated rings. The summed E-state index contributed by atoms with van der Waals surface area (Å²) in [4.78, 5) is 4.69. The predicted molar refractivity (Wildman–Crippen MR) is 70.5 cm³/mol. The zero-order chi connectivity index (χ0) is 12.3. The van der Waals surface area contributed by atoms with Gasteiger partial charge in [0.05, 0.1) is 11.0 Å². The normalized spacial score (nSPS) is 13.1.